The van der Waals surface area contributed by atoms with Crippen LogP contribution >= 0.6 is 11.8 Å². The number of carbonyl (C=O) groups excluding carboxylic acids is 3. The van der Waals surface area contributed by atoms with Gasteiger partial charge in [0.25, 0.3) is 0 Å². The predicted octanol–water partition coefficient (Wildman–Crippen LogP) is 6.13. The Morgan fingerprint density at radius 1 is 0.895 bits per heavy atom. The smallest absolute Gasteiger partial charge is 0.328 e. The molecule has 4 fully saturated rings. The molecule has 2 aromatic carbocycles. The van der Waals surface area contributed by atoms with Crippen molar-refractivity contribution in [3.05, 3.63) is 71.8 Å². The molecule has 3 atom stereocenters. The molecule has 4 aliphatic carbocycles. The van der Waals surface area contributed by atoms with E-state index in [0.717, 1.165) is 30.4 Å². The maximum atomic E-state index is 13.7. The highest BCUT2D eigenvalue weighted by molar-refractivity contribution is 8.13. The van der Waals surface area contributed by atoms with Crippen molar-refractivity contribution in [2.75, 3.05) is 5.75 Å². The SMILES string of the molecule is CC(c1ccccc1)C(CSC(=O)C12CC3CC(CC(C3)C1)C2)C(=O)N[C@@H](C)C(=O)OCc1ccccc1. The van der Waals surface area contributed by atoms with E-state index in [2.05, 4.69) is 5.32 Å². The van der Waals surface area contributed by atoms with Crippen molar-refractivity contribution in [3.63, 3.8) is 0 Å². The van der Waals surface area contributed by atoms with Gasteiger partial charge in [0.05, 0.1) is 5.92 Å². The Morgan fingerprint density at radius 2 is 1.45 bits per heavy atom. The van der Waals surface area contributed by atoms with E-state index in [4.69, 9.17) is 4.74 Å². The molecule has 0 radical (unpaired) electrons. The first-order valence-electron chi connectivity index (χ1n) is 14.1. The molecule has 0 aliphatic heterocycles. The maximum Gasteiger partial charge on any atom is 0.328 e. The van der Waals surface area contributed by atoms with Crippen LogP contribution in [0.3, 0.4) is 0 Å². The quantitative estimate of drug-likeness (QED) is 0.372. The minimum atomic E-state index is -0.777. The second kappa shape index (κ2) is 11.6. The van der Waals surface area contributed by atoms with E-state index in [1.54, 1.807) is 6.92 Å². The number of benzene rings is 2. The number of hydrogen-bond donors (Lipinski definition) is 1. The van der Waals surface area contributed by atoms with Gasteiger partial charge in [-0.15, -0.1) is 0 Å². The molecule has 0 aromatic heterocycles. The predicted molar refractivity (Wildman–Crippen MR) is 150 cm³/mol. The van der Waals surface area contributed by atoms with Crippen molar-refractivity contribution < 1.29 is 19.1 Å². The lowest BCUT2D eigenvalue weighted by molar-refractivity contribution is -0.149. The number of esters is 1. The fourth-order valence-corrected chi connectivity index (χ4v) is 8.68. The van der Waals surface area contributed by atoms with Gasteiger partial charge in [0, 0.05) is 11.2 Å². The molecule has 1 amide bonds. The summed E-state index contributed by atoms with van der Waals surface area (Å²) in [5.74, 6) is 1.31. The number of thioether (sulfide) groups is 1. The summed E-state index contributed by atoms with van der Waals surface area (Å²) in [4.78, 5) is 39.9. The van der Waals surface area contributed by atoms with E-state index < -0.39 is 17.9 Å². The summed E-state index contributed by atoms with van der Waals surface area (Å²) in [7, 11) is 0. The largest absolute Gasteiger partial charge is 0.459 e. The standard InChI is InChI=1S/C32H39NO4S/c1-21(27-11-7-4-8-12-27)28(29(34)33-22(2)30(35)37-19-23-9-5-3-6-10-23)20-38-31(36)32-16-24-13-25(17-32)15-26(14-24)18-32/h3-12,21-22,24-26,28H,13-20H2,1-2H3,(H,33,34)/t21?,22-,24?,25?,26?,28?,32?/m0/s1. The third-order valence-corrected chi connectivity index (χ3v) is 10.3. The minimum absolute atomic E-state index is 0.0968. The van der Waals surface area contributed by atoms with Gasteiger partial charge in [-0.25, -0.2) is 4.79 Å². The minimum Gasteiger partial charge on any atom is -0.459 e. The molecule has 202 valence electrons. The fourth-order valence-electron chi connectivity index (χ4n) is 7.35. The first-order valence-corrected chi connectivity index (χ1v) is 15.0. The highest BCUT2D eigenvalue weighted by atomic mass is 32.2. The summed E-state index contributed by atoms with van der Waals surface area (Å²) in [6.07, 6.45) is 6.98. The van der Waals surface area contributed by atoms with Crippen molar-refractivity contribution >= 4 is 28.8 Å². The molecule has 5 nitrogen and oxygen atoms in total. The van der Waals surface area contributed by atoms with Crippen LogP contribution in [0, 0.1) is 29.1 Å². The zero-order valence-electron chi connectivity index (χ0n) is 22.4. The average molecular weight is 534 g/mol. The highest BCUT2D eigenvalue weighted by Gasteiger charge is 2.54. The zero-order chi connectivity index (χ0) is 26.7. The molecule has 6 heteroatoms. The van der Waals surface area contributed by atoms with Gasteiger partial charge in [0.2, 0.25) is 5.91 Å². The van der Waals surface area contributed by atoms with Crippen LogP contribution in [0.4, 0.5) is 0 Å². The van der Waals surface area contributed by atoms with E-state index in [-0.39, 0.29) is 29.0 Å². The van der Waals surface area contributed by atoms with Crippen molar-refractivity contribution in [1.29, 1.82) is 0 Å². The molecule has 38 heavy (non-hydrogen) atoms. The van der Waals surface area contributed by atoms with Gasteiger partial charge >= 0.3 is 5.97 Å². The van der Waals surface area contributed by atoms with Crippen LogP contribution in [-0.2, 0) is 25.7 Å². The Hall–Kier alpha value is -2.60. The third-order valence-electron chi connectivity index (χ3n) is 9.07. The third kappa shape index (κ3) is 6.01. The molecular formula is C32H39NO4S. The molecule has 0 saturated heterocycles. The van der Waals surface area contributed by atoms with E-state index in [0.29, 0.717) is 23.5 Å². The second-order valence-corrected chi connectivity index (χ2v) is 12.9. The zero-order valence-corrected chi connectivity index (χ0v) is 23.3. The Labute approximate surface area is 230 Å². The summed E-state index contributed by atoms with van der Waals surface area (Å²) in [5.41, 5.74) is 1.76. The van der Waals surface area contributed by atoms with Crippen LogP contribution < -0.4 is 5.32 Å². The Kier molecular flexibility index (Phi) is 8.27. The normalized spacial score (nSPS) is 27.8. The second-order valence-electron chi connectivity index (χ2n) is 11.9. The van der Waals surface area contributed by atoms with Gasteiger partial charge in [-0.3, -0.25) is 9.59 Å². The lowest BCUT2D eigenvalue weighted by Crippen LogP contribution is -2.49. The van der Waals surface area contributed by atoms with Crippen molar-refractivity contribution in [1.82, 2.24) is 5.32 Å². The number of rotatable bonds is 10. The monoisotopic (exact) mass is 533 g/mol. The average Bonchev–Trinajstić information content (AvgIpc) is 2.91. The van der Waals surface area contributed by atoms with Crippen LogP contribution in [0.5, 0.6) is 0 Å². The first kappa shape index (κ1) is 27.0. The van der Waals surface area contributed by atoms with Gasteiger partial charge in [-0.1, -0.05) is 79.3 Å². The van der Waals surface area contributed by atoms with Crippen LogP contribution in [0.2, 0.25) is 0 Å². The summed E-state index contributed by atoms with van der Waals surface area (Å²) < 4.78 is 5.44. The summed E-state index contributed by atoms with van der Waals surface area (Å²) in [6, 6.07) is 18.7. The summed E-state index contributed by atoms with van der Waals surface area (Å²) in [6.45, 7) is 3.86. The van der Waals surface area contributed by atoms with Crippen molar-refractivity contribution in [2.24, 2.45) is 29.1 Å². The molecule has 6 rings (SSSR count). The molecule has 0 spiro atoms. The molecule has 0 heterocycles. The van der Waals surface area contributed by atoms with Gasteiger partial charge in [-0.05, 0) is 80.2 Å². The Morgan fingerprint density at radius 3 is 2.03 bits per heavy atom. The van der Waals surface area contributed by atoms with E-state index in [9.17, 15) is 14.4 Å². The van der Waals surface area contributed by atoms with Crippen molar-refractivity contribution in [2.45, 2.75) is 70.9 Å². The van der Waals surface area contributed by atoms with Gasteiger partial charge in [-0.2, -0.15) is 0 Å². The molecule has 4 saturated carbocycles. The lowest BCUT2D eigenvalue weighted by atomic mass is 9.50. The van der Waals surface area contributed by atoms with Gasteiger partial charge in [0.15, 0.2) is 5.12 Å². The molecular weight excluding hydrogens is 494 g/mol. The topological polar surface area (TPSA) is 72.5 Å². The highest BCUT2D eigenvalue weighted by Crippen LogP contribution is 2.61. The van der Waals surface area contributed by atoms with E-state index in [1.807, 2.05) is 67.6 Å². The van der Waals surface area contributed by atoms with Gasteiger partial charge < -0.3 is 10.1 Å². The number of amides is 1. The van der Waals surface area contributed by atoms with Gasteiger partial charge in [0.1, 0.15) is 12.6 Å². The van der Waals surface area contributed by atoms with Crippen LogP contribution in [0.15, 0.2) is 60.7 Å². The Balaban J connectivity index is 1.23. The fraction of sp³-hybridized carbons (Fsp3) is 0.531. The first-order chi connectivity index (χ1) is 18.3. The van der Waals surface area contributed by atoms with Crippen LogP contribution in [0.1, 0.15) is 69.4 Å². The number of ether oxygens (including phenoxy) is 1. The molecule has 2 unspecified atom stereocenters. The Bertz CT molecular complexity index is 1100. The van der Waals surface area contributed by atoms with E-state index in [1.165, 1.54) is 31.0 Å². The lowest BCUT2D eigenvalue weighted by Gasteiger charge is -2.55. The summed E-state index contributed by atoms with van der Waals surface area (Å²) in [5, 5.41) is 3.17. The van der Waals surface area contributed by atoms with Crippen LogP contribution in [0.25, 0.3) is 0 Å². The van der Waals surface area contributed by atoms with Crippen molar-refractivity contribution in [3.8, 4) is 0 Å². The number of nitrogens with one attached hydrogen (secondary N) is 1. The number of carbonyl (C=O) groups is 3. The maximum absolute atomic E-state index is 13.7. The molecule has 4 bridgehead atoms. The number of hydrogen-bond acceptors (Lipinski definition) is 5. The van der Waals surface area contributed by atoms with E-state index >= 15 is 0 Å². The molecule has 1 N–H and O–H groups in total. The summed E-state index contributed by atoms with van der Waals surface area (Å²) >= 11 is 1.35. The molecule has 2 aromatic rings. The molecule has 4 aliphatic rings. The van der Waals surface area contributed by atoms with Crippen LogP contribution in [-0.4, -0.2) is 28.8 Å².